The molecule has 6 nitrogen and oxygen atoms in total. The molecule has 0 radical (unpaired) electrons. The third-order valence-corrected chi connectivity index (χ3v) is 10.8. The number of aliphatic hydroxyl groups excluding tert-OH is 1. The number of allylic oxidation sites excluding steroid dienone is 4. The maximum atomic E-state index is 13.6. The standard InChI is InChI=1S/C27H30Cl2O6/c1-15-11-19-18-7-6-16-12-17(30)8-9-24(16,2)26(18,29)21(31)13-25(19,3)27(15,22(32)14-28)35-23(33)20-5-4-10-34-20/h4-6,8-10,15,18-19,21,31H,7,11-14H2,1-3H3. The van der Waals surface area contributed by atoms with E-state index in [9.17, 15) is 19.5 Å². The smallest absolute Gasteiger partial charge is 0.375 e. The van der Waals surface area contributed by atoms with E-state index in [0.29, 0.717) is 12.8 Å². The molecule has 5 rings (SSSR count). The van der Waals surface area contributed by atoms with Crippen LogP contribution in [0.5, 0.6) is 0 Å². The van der Waals surface area contributed by atoms with Crippen LogP contribution in [0.25, 0.3) is 0 Å². The van der Waals surface area contributed by atoms with E-state index in [4.69, 9.17) is 32.4 Å². The fraction of sp³-hybridized carbons (Fsp3) is 0.593. The molecule has 8 atom stereocenters. The van der Waals surface area contributed by atoms with E-state index in [1.54, 1.807) is 12.1 Å². The lowest BCUT2D eigenvalue weighted by molar-refractivity contribution is -0.175. The average molecular weight is 521 g/mol. The fourth-order valence-corrected chi connectivity index (χ4v) is 8.70. The van der Waals surface area contributed by atoms with Gasteiger partial charge in [-0.2, -0.15) is 0 Å². The average Bonchev–Trinajstić information content (AvgIpc) is 3.42. The summed E-state index contributed by atoms with van der Waals surface area (Å²) < 4.78 is 11.3. The number of aliphatic hydroxyl groups is 1. The number of ketones is 2. The van der Waals surface area contributed by atoms with Gasteiger partial charge in [-0.25, -0.2) is 4.79 Å². The maximum absolute atomic E-state index is 13.6. The van der Waals surface area contributed by atoms with Crippen molar-refractivity contribution in [3.63, 3.8) is 0 Å². The molecule has 1 aromatic rings. The Balaban J connectivity index is 1.62. The minimum atomic E-state index is -1.54. The van der Waals surface area contributed by atoms with Crippen molar-refractivity contribution in [3.8, 4) is 0 Å². The number of ether oxygens (including phenoxy) is 1. The number of halogens is 2. The number of carbonyl (C=O) groups excluding carboxylic acids is 3. The lowest BCUT2D eigenvalue weighted by Crippen LogP contribution is -2.69. The number of esters is 1. The summed E-state index contributed by atoms with van der Waals surface area (Å²) >= 11 is 13.6. The normalized spacial score (nSPS) is 44.2. The Bertz CT molecular complexity index is 1140. The number of hydrogen-bond donors (Lipinski definition) is 1. The van der Waals surface area contributed by atoms with Crippen molar-refractivity contribution in [2.45, 2.75) is 63.0 Å². The first kappa shape index (κ1) is 24.8. The molecule has 0 saturated heterocycles. The highest BCUT2D eigenvalue weighted by molar-refractivity contribution is 6.29. The van der Waals surface area contributed by atoms with E-state index < -0.39 is 33.4 Å². The minimum absolute atomic E-state index is 0.00353. The highest BCUT2D eigenvalue weighted by atomic mass is 35.5. The second kappa shape index (κ2) is 8.06. The molecular formula is C27H30Cl2O6. The van der Waals surface area contributed by atoms with Gasteiger partial charge in [0.25, 0.3) is 0 Å². The van der Waals surface area contributed by atoms with Crippen molar-refractivity contribution in [1.82, 2.24) is 0 Å². The second-order valence-corrected chi connectivity index (χ2v) is 12.0. The van der Waals surface area contributed by atoms with Crippen LogP contribution in [0.3, 0.4) is 0 Å². The van der Waals surface area contributed by atoms with Crippen molar-refractivity contribution < 1.29 is 28.6 Å². The molecule has 188 valence electrons. The van der Waals surface area contributed by atoms with E-state index in [2.05, 4.69) is 6.08 Å². The van der Waals surface area contributed by atoms with Gasteiger partial charge in [-0.1, -0.05) is 38.5 Å². The molecule has 2 saturated carbocycles. The number of Topliss-reactive ketones (excluding diaryl/α,β-unsaturated/α-hetero) is 1. The first-order valence-corrected chi connectivity index (χ1v) is 13.0. The molecule has 0 spiro atoms. The van der Waals surface area contributed by atoms with Gasteiger partial charge in [0.1, 0.15) is 0 Å². The van der Waals surface area contributed by atoms with Crippen LogP contribution >= 0.6 is 23.2 Å². The minimum Gasteiger partial charge on any atom is -0.457 e. The zero-order chi connectivity index (χ0) is 25.4. The van der Waals surface area contributed by atoms with Gasteiger partial charge in [-0.15, -0.1) is 23.2 Å². The molecular weight excluding hydrogens is 491 g/mol. The van der Waals surface area contributed by atoms with Crippen LogP contribution in [0, 0.1) is 28.6 Å². The summed E-state index contributed by atoms with van der Waals surface area (Å²) in [5.41, 5.74) is -2.22. The number of fused-ring (bicyclic) bond motifs is 5. The van der Waals surface area contributed by atoms with Crippen molar-refractivity contribution in [3.05, 3.63) is 48.0 Å². The van der Waals surface area contributed by atoms with Gasteiger partial charge in [0.05, 0.1) is 23.1 Å². The molecule has 4 aliphatic carbocycles. The quantitative estimate of drug-likeness (QED) is 0.345. The zero-order valence-corrected chi connectivity index (χ0v) is 21.6. The maximum Gasteiger partial charge on any atom is 0.375 e. The first-order chi connectivity index (χ1) is 16.5. The largest absolute Gasteiger partial charge is 0.457 e. The van der Waals surface area contributed by atoms with Gasteiger partial charge in [0.15, 0.2) is 17.2 Å². The van der Waals surface area contributed by atoms with Gasteiger partial charge in [-0.05, 0) is 49.3 Å². The molecule has 0 amide bonds. The van der Waals surface area contributed by atoms with E-state index in [1.165, 1.54) is 12.3 Å². The lowest BCUT2D eigenvalue weighted by atomic mass is 9.46. The van der Waals surface area contributed by atoms with Crippen molar-refractivity contribution in [2.75, 3.05) is 5.88 Å². The number of hydrogen-bond acceptors (Lipinski definition) is 6. The molecule has 4 aliphatic rings. The van der Waals surface area contributed by atoms with Gasteiger partial charge in [0, 0.05) is 23.2 Å². The third kappa shape index (κ3) is 3.02. The molecule has 1 heterocycles. The van der Waals surface area contributed by atoms with Gasteiger partial charge >= 0.3 is 5.97 Å². The Morgan fingerprint density at radius 1 is 1.29 bits per heavy atom. The van der Waals surface area contributed by atoms with Crippen LogP contribution < -0.4 is 0 Å². The predicted octanol–water partition coefficient (Wildman–Crippen LogP) is 4.87. The SMILES string of the molecule is CC1CC2C3CC=C4CC(=O)C=CC4(C)C3(Cl)C(O)CC2(C)C1(OC(=O)c1ccco1)C(=O)CCl. The van der Waals surface area contributed by atoms with Crippen molar-refractivity contribution in [1.29, 1.82) is 0 Å². The first-order valence-electron chi connectivity index (χ1n) is 12.1. The molecule has 1 aromatic heterocycles. The summed E-state index contributed by atoms with van der Waals surface area (Å²) in [6.07, 6.45) is 7.42. The zero-order valence-electron chi connectivity index (χ0n) is 20.1. The van der Waals surface area contributed by atoms with Crippen LogP contribution in [0.2, 0.25) is 0 Å². The van der Waals surface area contributed by atoms with Crippen LogP contribution in [0.15, 0.2) is 46.6 Å². The summed E-state index contributed by atoms with van der Waals surface area (Å²) in [6, 6.07) is 3.07. The Labute approximate surface area is 214 Å². The summed E-state index contributed by atoms with van der Waals surface area (Å²) in [5.74, 6) is -2.10. The second-order valence-electron chi connectivity index (χ2n) is 11.1. The molecule has 35 heavy (non-hydrogen) atoms. The number of carbonyl (C=O) groups is 3. The third-order valence-electron chi connectivity index (χ3n) is 9.66. The summed E-state index contributed by atoms with van der Waals surface area (Å²) in [4.78, 5) is 37.7. The highest BCUT2D eigenvalue weighted by Gasteiger charge is 2.76. The van der Waals surface area contributed by atoms with E-state index >= 15 is 0 Å². The Kier molecular flexibility index (Phi) is 5.71. The molecule has 8 unspecified atom stereocenters. The van der Waals surface area contributed by atoms with Gasteiger partial charge in [0.2, 0.25) is 5.76 Å². The van der Waals surface area contributed by atoms with E-state index in [-0.39, 0.29) is 53.8 Å². The number of furan rings is 1. The molecule has 0 aliphatic heterocycles. The van der Waals surface area contributed by atoms with Crippen LogP contribution in [-0.4, -0.2) is 45.1 Å². The molecule has 2 fully saturated rings. The Morgan fingerprint density at radius 2 is 2.03 bits per heavy atom. The molecule has 1 N–H and O–H groups in total. The predicted molar refractivity (Wildman–Crippen MR) is 130 cm³/mol. The Hall–Kier alpha value is -1.89. The monoisotopic (exact) mass is 520 g/mol. The van der Waals surface area contributed by atoms with E-state index in [1.807, 2.05) is 26.8 Å². The highest BCUT2D eigenvalue weighted by Crippen LogP contribution is 2.71. The topological polar surface area (TPSA) is 93.8 Å². The Morgan fingerprint density at radius 3 is 2.69 bits per heavy atom. The van der Waals surface area contributed by atoms with Crippen LogP contribution in [-0.2, 0) is 14.3 Å². The van der Waals surface area contributed by atoms with Gasteiger partial charge in [-0.3, -0.25) is 9.59 Å². The molecule has 8 heteroatoms. The van der Waals surface area contributed by atoms with Gasteiger partial charge < -0.3 is 14.3 Å². The van der Waals surface area contributed by atoms with Crippen LogP contribution in [0.4, 0.5) is 0 Å². The van der Waals surface area contributed by atoms with Crippen molar-refractivity contribution >= 4 is 40.7 Å². The van der Waals surface area contributed by atoms with Crippen molar-refractivity contribution in [2.24, 2.45) is 28.6 Å². The molecule has 0 aromatic carbocycles. The number of rotatable bonds is 4. The number of alkyl halides is 2. The molecule has 0 bridgehead atoms. The summed E-state index contributed by atoms with van der Waals surface area (Å²) in [5, 5.41) is 11.8. The summed E-state index contributed by atoms with van der Waals surface area (Å²) in [7, 11) is 0. The lowest BCUT2D eigenvalue weighted by Gasteiger charge is -2.63. The van der Waals surface area contributed by atoms with E-state index in [0.717, 1.165) is 5.57 Å². The fourth-order valence-electron chi connectivity index (χ4n) is 8.00. The van der Waals surface area contributed by atoms with Crippen LogP contribution in [0.1, 0.15) is 57.0 Å². The summed E-state index contributed by atoms with van der Waals surface area (Å²) in [6.45, 7) is 5.80.